The summed E-state index contributed by atoms with van der Waals surface area (Å²) in [4.78, 5) is 26.5. The Morgan fingerprint density at radius 1 is 1.22 bits per heavy atom. The number of carboxylic acids is 1. The molecule has 0 radical (unpaired) electrons. The fourth-order valence-corrected chi connectivity index (χ4v) is 3.84. The summed E-state index contributed by atoms with van der Waals surface area (Å²) in [5.74, 6) is -1.55. The van der Waals surface area contributed by atoms with Gasteiger partial charge in [0.25, 0.3) is 0 Å². The van der Waals surface area contributed by atoms with Crippen LogP contribution in [0.5, 0.6) is 0 Å². The van der Waals surface area contributed by atoms with Crippen molar-refractivity contribution in [2.24, 2.45) is 0 Å². The van der Waals surface area contributed by atoms with Gasteiger partial charge in [-0.25, -0.2) is 4.79 Å². The lowest BCUT2D eigenvalue weighted by Crippen LogP contribution is -2.45. The van der Waals surface area contributed by atoms with Gasteiger partial charge in [0.1, 0.15) is 6.04 Å². The molecule has 0 aliphatic carbocycles. The fraction of sp³-hybridized carbons (Fsp3) is 0.294. The van der Waals surface area contributed by atoms with E-state index in [2.05, 4.69) is 15.9 Å². The standard InChI is InChI=1S/C17H18BrNO3S/c1-11(14-8-9-15(18)23-14)16(20)19(2)13(17(21)22)10-12-6-4-3-5-7-12/h3-9,11,13H,10H2,1-2H3,(H,21,22). The molecule has 2 unspecified atom stereocenters. The second-order valence-corrected chi connectivity index (χ2v) is 7.85. The monoisotopic (exact) mass is 395 g/mol. The van der Waals surface area contributed by atoms with E-state index in [1.54, 1.807) is 14.0 Å². The van der Waals surface area contributed by atoms with Crippen molar-refractivity contribution in [1.82, 2.24) is 4.90 Å². The molecule has 0 saturated carbocycles. The number of halogens is 1. The van der Waals surface area contributed by atoms with Gasteiger partial charge < -0.3 is 10.0 Å². The zero-order chi connectivity index (χ0) is 17.0. The number of carbonyl (C=O) groups excluding carboxylic acids is 1. The van der Waals surface area contributed by atoms with Crippen molar-refractivity contribution in [2.75, 3.05) is 7.05 Å². The van der Waals surface area contributed by atoms with Crippen LogP contribution in [0.15, 0.2) is 46.3 Å². The van der Waals surface area contributed by atoms with E-state index in [0.29, 0.717) is 6.42 Å². The Hall–Kier alpha value is -1.66. The second-order valence-electron chi connectivity index (χ2n) is 5.36. The molecule has 1 amide bonds. The molecule has 1 aromatic heterocycles. The highest BCUT2D eigenvalue weighted by molar-refractivity contribution is 9.11. The summed E-state index contributed by atoms with van der Waals surface area (Å²) in [6, 6.07) is 12.2. The summed E-state index contributed by atoms with van der Waals surface area (Å²) in [7, 11) is 1.56. The van der Waals surface area contributed by atoms with Crippen molar-refractivity contribution in [3.05, 3.63) is 56.7 Å². The molecule has 0 aliphatic heterocycles. The predicted octanol–water partition coefficient (Wildman–Crippen LogP) is 3.77. The molecule has 1 heterocycles. The van der Waals surface area contributed by atoms with Crippen molar-refractivity contribution in [3.8, 4) is 0 Å². The quantitative estimate of drug-likeness (QED) is 0.809. The molecule has 0 bridgehead atoms. The van der Waals surface area contributed by atoms with Gasteiger partial charge in [0.2, 0.25) is 5.91 Å². The maximum atomic E-state index is 12.6. The predicted molar refractivity (Wildman–Crippen MR) is 94.8 cm³/mol. The number of likely N-dealkylation sites (N-methyl/N-ethyl adjacent to an activating group) is 1. The van der Waals surface area contributed by atoms with E-state index in [-0.39, 0.29) is 11.8 Å². The summed E-state index contributed by atoms with van der Waals surface area (Å²) in [5, 5.41) is 9.51. The largest absolute Gasteiger partial charge is 0.480 e. The first-order valence-electron chi connectivity index (χ1n) is 7.18. The normalized spacial score (nSPS) is 13.3. The van der Waals surface area contributed by atoms with Crippen LogP contribution in [0.1, 0.15) is 23.3 Å². The van der Waals surface area contributed by atoms with Gasteiger partial charge in [-0.2, -0.15) is 0 Å². The third-order valence-electron chi connectivity index (χ3n) is 3.76. The lowest BCUT2D eigenvalue weighted by molar-refractivity contribution is -0.149. The van der Waals surface area contributed by atoms with Gasteiger partial charge in [-0.3, -0.25) is 4.79 Å². The number of benzene rings is 1. The molecule has 4 nitrogen and oxygen atoms in total. The third kappa shape index (κ3) is 4.42. The molecule has 2 aromatic rings. The summed E-state index contributed by atoms with van der Waals surface area (Å²) in [6.07, 6.45) is 0.291. The zero-order valence-corrected chi connectivity index (χ0v) is 15.3. The molecule has 0 saturated heterocycles. The van der Waals surface area contributed by atoms with Crippen LogP contribution in [0, 0.1) is 0 Å². The lowest BCUT2D eigenvalue weighted by atomic mass is 10.0. The Labute approximate surface area is 147 Å². The highest BCUT2D eigenvalue weighted by Gasteiger charge is 2.30. The fourth-order valence-electron chi connectivity index (χ4n) is 2.37. The SMILES string of the molecule is CC(C(=O)N(C)C(Cc1ccccc1)C(=O)O)c1ccc(Br)s1. The second kappa shape index (κ2) is 7.75. The summed E-state index contributed by atoms with van der Waals surface area (Å²) < 4.78 is 0.953. The highest BCUT2D eigenvalue weighted by Crippen LogP contribution is 2.29. The van der Waals surface area contributed by atoms with Crippen LogP contribution >= 0.6 is 27.3 Å². The number of carbonyl (C=O) groups is 2. The van der Waals surface area contributed by atoms with Gasteiger partial charge in [0, 0.05) is 18.3 Å². The minimum atomic E-state index is -0.996. The van der Waals surface area contributed by atoms with Gasteiger partial charge >= 0.3 is 5.97 Å². The molecular weight excluding hydrogens is 378 g/mol. The lowest BCUT2D eigenvalue weighted by Gasteiger charge is -2.27. The number of nitrogens with zero attached hydrogens (tertiary/aromatic N) is 1. The number of hydrogen-bond donors (Lipinski definition) is 1. The highest BCUT2D eigenvalue weighted by atomic mass is 79.9. The number of hydrogen-bond acceptors (Lipinski definition) is 3. The molecule has 0 fully saturated rings. The first-order chi connectivity index (χ1) is 10.9. The summed E-state index contributed by atoms with van der Waals surface area (Å²) in [6.45, 7) is 1.80. The average molecular weight is 396 g/mol. The van der Waals surface area contributed by atoms with Gasteiger partial charge in [-0.1, -0.05) is 30.3 Å². The van der Waals surface area contributed by atoms with Gasteiger partial charge in [-0.15, -0.1) is 11.3 Å². The average Bonchev–Trinajstić information content (AvgIpc) is 2.97. The van der Waals surface area contributed by atoms with Gasteiger partial charge in [0.15, 0.2) is 0 Å². The van der Waals surface area contributed by atoms with E-state index < -0.39 is 12.0 Å². The van der Waals surface area contributed by atoms with E-state index in [4.69, 9.17) is 0 Å². The molecule has 1 N–H and O–H groups in total. The van der Waals surface area contributed by atoms with Crippen LogP contribution in [0.3, 0.4) is 0 Å². The molecule has 23 heavy (non-hydrogen) atoms. The minimum absolute atomic E-state index is 0.192. The van der Waals surface area contributed by atoms with Crippen molar-refractivity contribution in [2.45, 2.75) is 25.3 Å². The number of rotatable bonds is 6. The maximum absolute atomic E-state index is 12.6. The van der Waals surface area contributed by atoms with Crippen LogP contribution < -0.4 is 0 Å². The molecule has 0 aliphatic rings. The first kappa shape index (κ1) is 17.7. The van der Waals surface area contributed by atoms with E-state index in [1.165, 1.54) is 16.2 Å². The molecule has 1 aromatic carbocycles. The van der Waals surface area contributed by atoms with Gasteiger partial charge in [-0.05, 0) is 40.5 Å². The third-order valence-corrected chi connectivity index (χ3v) is 5.57. The van der Waals surface area contributed by atoms with Crippen LogP contribution in [0.25, 0.3) is 0 Å². The Bertz CT molecular complexity index is 686. The van der Waals surface area contributed by atoms with Crippen LogP contribution in [0.4, 0.5) is 0 Å². The molecule has 2 rings (SSSR count). The molecule has 2 atom stereocenters. The Balaban J connectivity index is 2.15. The van der Waals surface area contributed by atoms with E-state index >= 15 is 0 Å². The summed E-state index contributed by atoms with van der Waals surface area (Å²) >= 11 is 4.87. The van der Waals surface area contributed by atoms with Gasteiger partial charge in [0.05, 0.1) is 9.70 Å². The zero-order valence-electron chi connectivity index (χ0n) is 12.9. The van der Waals surface area contributed by atoms with Crippen LogP contribution in [-0.2, 0) is 16.0 Å². The first-order valence-corrected chi connectivity index (χ1v) is 8.79. The Morgan fingerprint density at radius 2 is 1.87 bits per heavy atom. The number of aliphatic carboxylic acids is 1. The molecule has 6 heteroatoms. The molecule has 0 spiro atoms. The number of thiophene rings is 1. The Morgan fingerprint density at radius 3 is 2.39 bits per heavy atom. The van der Waals surface area contributed by atoms with Crippen LogP contribution in [0.2, 0.25) is 0 Å². The maximum Gasteiger partial charge on any atom is 0.326 e. The molecular formula is C17H18BrNO3S. The smallest absolute Gasteiger partial charge is 0.326 e. The molecule has 122 valence electrons. The van der Waals surface area contributed by atoms with Crippen molar-refractivity contribution in [3.63, 3.8) is 0 Å². The van der Waals surface area contributed by atoms with Crippen molar-refractivity contribution >= 4 is 39.1 Å². The van der Waals surface area contributed by atoms with E-state index in [9.17, 15) is 14.7 Å². The van der Waals surface area contributed by atoms with Crippen molar-refractivity contribution in [1.29, 1.82) is 0 Å². The minimum Gasteiger partial charge on any atom is -0.480 e. The van der Waals surface area contributed by atoms with E-state index in [0.717, 1.165) is 14.2 Å². The number of carboxylic acid groups (broad SMARTS) is 1. The Kier molecular flexibility index (Phi) is 5.96. The van der Waals surface area contributed by atoms with Crippen LogP contribution in [-0.4, -0.2) is 35.0 Å². The van der Waals surface area contributed by atoms with Crippen molar-refractivity contribution < 1.29 is 14.7 Å². The topological polar surface area (TPSA) is 57.6 Å². The number of amides is 1. The summed E-state index contributed by atoms with van der Waals surface area (Å²) in [5.41, 5.74) is 0.895. The van der Waals surface area contributed by atoms with E-state index in [1.807, 2.05) is 42.5 Å².